The number of nitrogens with zero attached hydrogens (tertiary/aromatic N) is 2. The second-order valence-electron chi connectivity index (χ2n) is 5.30. The number of hydrogen-bond donors (Lipinski definition) is 1. The van der Waals surface area contributed by atoms with Crippen molar-refractivity contribution in [1.29, 1.82) is 0 Å². The summed E-state index contributed by atoms with van der Waals surface area (Å²) in [6.07, 6.45) is 4.83. The monoisotopic (exact) mass is 309 g/mol. The lowest BCUT2D eigenvalue weighted by molar-refractivity contribution is 0.439. The number of halogens is 1. The second-order valence-corrected chi connectivity index (χ2v) is 7.01. The SMILES string of the molecule is Cc1cc(S(=O)(=O)NC2CCn3cncc3C2)ccc1F. The number of hydrogen-bond acceptors (Lipinski definition) is 3. The lowest BCUT2D eigenvalue weighted by Gasteiger charge is -2.24. The quantitative estimate of drug-likeness (QED) is 0.937. The Kier molecular flexibility index (Phi) is 3.54. The molecule has 1 atom stereocenters. The highest BCUT2D eigenvalue weighted by molar-refractivity contribution is 7.89. The van der Waals surface area contributed by atoms with E-state index in [0.29, 0.717) is 18.4 Å². The number of benzene rings is 1. The fraction of sp³-hybridized carbons (Fsp3) is 0.357. The fourth-order valence-electron chi connectivity index (χ4n) is 2.54. The Labute approximate surface area is 122 Å². The number of aromatic nitrogens is 2. The molecule has 1 aliphatic rings. The van der Waals surface area contributed by atoms with Gasteiger partial charge in [0.15, 0.2) is 0 Å². The molecule has 1 N–H and O–H groups in total. The molecule has 0 bridgehead atoms. The number of rotatable bonds is 3. The number of imidazole rings is 1. The number of aryl methyl sites for hydroxylation is 2. The van der Waals surface area contributed by atoms with Crippen LogP contribution in [0.15, 0.2) is 35.6 Å². The molecule has 7 heteroatoms. The summed E-state index contributed by atoms with van der Waals surface area (Å²) in [6, 6.07) is 3.66. The van der Waals surface area contributed by atoms with Gasteiger partial charge in [-0.05, 0) is 37.1 Å². The summed E-state index contributed by atoms with van der Waals surface area (Å²) in [6.45, 7) is 2.29. The van der Waals surface area contributed by atoms with Crippen LogP contribution in [0.5, 0.6) is 0 Å². The van der Waals surface area contributed by atoms with E-state index in [2.05, 4.69) is 9.71 Å². The highest BCUT2D eigenvalue weighted by atomic mass is 32.2. The van der Waals surface area contributed by atoms with Crippen molar-refractivity contribution in [3.63, 3.8) is 0 Å². The zero-order valence-corrected chi connectivity index (χ0v) is 12.4. The van der Waals surface area contributed by atoms with Crippen molar-refractivity contribution in [1.82, 2.24) is 14.3 Å². The summed E-state index contributed by atoms with van der Waals surface area (Å²) in [4.78, 5) is 4.16. The predicted molar refractivity (Wildman–Crippen MR) is 75.8 cm³/mol. The third kappa shape index (κ3) is 2.84. The zero-order chi connectivity index (χ0) is 15.0. The number of sulfonamides is 1. The van der Waals surface area contributed by atoms with E-state index in [1.165, 1.54) is 18.2 Å². The third-order valence-corrected chi connectivity index (χ3v) is 5.25. The van der Waals surface area contributed by atoms with E-state index in [9.17, 15) is 12.8 Å². The molecule has 1 aliphatic heterocycles. The number of fused-ring (bicyclic) bond motifs is 1. The van der Waals surface area contributed by atoms with Gasteiger partial charge < -0.3 is 4.57 Å². The van der Waals surface area contributed by atoms with Crippen molar-refractivity contribution in [3.05, 3.63) is 47.8 Å². The molecule has 0 spiro atoms. The van der Waals surface area contributed by atoms with Crippen LogP contribution >= 0.6 is 0 Å². The Hall–Kier alpha value is -1.73. The van der Waals surface area contributed by atoms with E-state index in [0.717, 1.165) is 12.2 Å². The van der Waals surface area contributed by atoms with Gasteiger partial charge in [0.1, 0.15) is 5.82 Å². The summed E-state index contributed by atoms with van der Waals surface area (Å²) in [5.74, 6) is -0.407. The molecule has 2 aromatic rings. The van der Waals surface area contributed by atoms with Crippen LogP contribution in [0.3, 0.4) is 0 Å². The average Bonchev–Trinajstić information content (AvgIpc) is 2.88. The molecule has 112 valence electrons. The lowest BCUT2D eigenvalue weighted by atomic mass is 10.1. The van der Waals surface area contributed by atoms with E-state index in [1.807, 2.05) is 4.57 Å². The van der Waals surface area contributed by atoms with Crippen molar-refractivity contribution in [2.45, 2.75) is 37.2 Å². The van der Waals surface area contributed by atoms with Gasteiger partial charge in [-0.2, -0.15) is 0 Å². The van der Waals surface area contributed by atoms with Gasteiger partial charge >= 0.3 is 0 Å². The van der Waals surface area contributed by atoms with Gasteiger partial charge in [0.25, 0.3) is 0 Å². The van der Waals surface area contributed by atoms with Gasteiger partial charge in [-0.1, -0.05) is 0 Å². The van der Waals surface area contributed by atoms with Crippen LogP contribution in [-0.4, -0.2) is 24.0 Å². The highest BCUT2D eigenvalue weighted by Crippen LogP contribution is 2.18. The standard InChI is InChI=1S/C14H16FN3O2S/c1-10-6-13(2-3-14(10)15)21(19,20)17-11-4-5-18-9-16-8-12(18)7-11/h2-3,6,8-9,11,17H,4-5,7H2,1H3. The predicted octanol–water partition coefficient (Wildman–Crippen LogP) is 1.62. The summed E-state index contributed by atoms with van der Waals surface area (Å²) < 4.78 is 42.7. The van der Waals surface area contributed by atoms with Crippen LogP contribution in [0.2, 0.25) is 0 Å². The largest absolute Gasteiger partial charge is 0.334 e. The average molecular weight is 309 g/mol. The van der Waals surface area contributed by atoms with Gasteiger partial charge in [0, 0.05) is 30.9 Å². The van der Waals surface area contributed by atoms with Crippen LogP contribution in [0, 0.1) is 12.7 Å². The van der Waals surface area contributed by atoms with Crippen LogP contribution in [0.25, 0.3) is 0 Å². The normalized spacial score (nSPS) is 18.5. The zero-order valence-electron chi connectivity index (χ0n) is 11.6. The van der Waals surface area contributed by atoms with Crippen molar-refractivity contribution in [3.8, 4) is 0 Å². The van der Waals surface area contributed by atoms with Gasteiger partial charge in [-0.25, -0.2) is 22.5 Å². The molecule has 1 unspecified atom stereocenters. The molecule has 3 rings (SSSR count). The topological polar surface area (TPSA) is 64.0 Å². The van der Waals surface area contributed by atoms with E-state index in [1.54, 1.807) is 19.4 Å². The van der Waals surface area contributed by atoms with E-state index < -0.39 is 15.8 Å². The second kappa shape index (κ2) is 5.23. The molecule has 1 aromatic heterocycles. The Bertz CT molecular complexity index is 770. The molecule has 5 nitrogen and oxygen atoms in total. The minimum atomic E-state index is -3.63. The highest BCUT2D eigenvalue weighted by Gasteiger charge is 2.24. The Morgan fingerprint density at radius 3 is 3.00 bits per heavy atom. The Balaban J connectivity index is 1.79. The maximum absolute atomic E-state index is 13.3. The Morgan fingerprint density at radius 1 is 1.43 bits per heavy atom. The first-order chi connectivity index (χ1) is 9.95. The van der Waals surface area contributed by atoms with Crippen molar-refractivity contribution in [2.75, 3.05) is 0 Å². The first kappa shape index (κ1) is 14.2. The molecule has 0 saturated carbocycles. The maximum Gasteiger partial charge on any atom is 0.240 e. The van der Waals surface area contributed by atoms with Gasteiger partial charge in [0.05, 0.1) is 11.2 Å². The summed E-state index contributed by atoms with van der Waals surface area (Å²) in [5.41, 5.74) is 1.34. The Morgan fingerprint density at radius 2 is 2.24 bits per heavy atom. The van der Waals surface area contributed by atoms with Gasteiger partial charge in [0.2, 0.25) is 10.0 Å². The molecule has 0 saturated heterocycles. The first-order valence-electron chi connectivity index (χ1n) is 6.73. The van der Waals surface area contributed by atoms with Crippen molar-refractivity contribution < 1.29 is 12.8 Å². The third-order valence-electron chi connectivity index (χ3n) is 3.73. The molecule has 21 heavy (non-hydrogen) atoms. The minimum absolute atomic E-state index is 0.0977. The van der Waals surface area contributed by atoms with E-state index >= 15 is 0 Å². The van der Waals surface area contributed by atoms with Crippen LogP contribution in [0.1, 0.15) is 17.7 Å². The molecule has 0 radical (unpaired) electrons. The van der Waals surface area contributed by atoms with Gasteiger partial charge in [-0.3, -0.25) is 0 Å². The molecule has 0 aliphatic carbocycles. The molecule has 2 heterocycles. The summed E-state index contributed by atoms with van der Waals surface area (Å²) >= 11 is 0. The first-order valence-corrected chi connectivity index (χ1v) is 8.21. The smallest absolute Gasteiger partial charge is 0.240 e. The fourth-order valence-corrected chi connectivity index (χ4v) is 3.90. The molecular formula is C14H16FN3O2S. The summed E-state index contributed by atoms with van der Waals surface area (Å²) in [7, 11) is -3.63. The molecule has 1 aromatic carbocycles. The molecule has 0 fully saturated rings. The minimum Gasteiger partial charge on any atom is -0.334 e. The van der Waals surface area contributed by atoms with Crippen LogP contribution in [0.4, 0.5) is 4.39 Å². The van der Waals surface area contributed by atoms with E-state index in [-0.39, 0.29) is 10.9 Å². The van der Waals surface area contributed by atoms with Gasteiger partial charge in [-0.15, -0.1) is 0 Å². The number of nitrogens with one attached hydrogen (secondary N) is 1. The van der Waals surface area contributed by atoms with Crippen molar-refractivity contribution in [2.24, 2.45) is 0 Å². The van der Waals surface area contributed by atoms with Crippen LogP contribution < -0.4 is 4.72 Å². The van der Waals surface area contributed by atoms with Crippen molar-refractivity contribution >= 4 is 10.0 Å². The van der Waals surface area contributed by atoms with E-state index in [4.69, 9.17) is 0 Å². The maximum atomic E-state index is 13.3. The van der Waals surface area contributed by atoms with Crippen LogP contribution in [-0.2, 0) is 23.0 Å². The lowest BCUT2D eigenvalue weighted by Crippen LogP contribution is -2.39. The molecular weight excluding hydrogens is 293 g/mol. The summed E-state index contributed by atoms with van der Waals surface area (Å²) in [5, 5.41) is 0. The molecule has 0 amide bonds.